The Kier molecular flexibility index (Phi) is 8.69. The van der Waals surface area contributed by atoms with Crippen molar-refractivity contribution in [2.45, 2.75) is 37.8 Å². The summed E-state index contributed by atoms with van der Waals surface area (Å²) in [5.74, 6) is 0.707. The van der Waals surface area contributed by atoms with E-state index in [1.807, 2.05) is 0 Å². The smallest absolute Gasteiger partial charge is 0.258 e. The van der Waals surface area contributed by atoms with Gasteiger partial charge in [-0.3, -0.25) is 9.59 Å². The van der Waals surface area contributed by atoms with Crippen LogP contribution in [0.4, 0.5) is 0 Å². The van der Waals surface area contributed by atoms with Crippen LogP contribution >= 0.6 is 34.8 Å². The van der Waals surface area contributed by atoms with Gasteiger partial charge < -0.3 is 20.1 Å². The van der Waals surface area contributed by atoms with Crippen LogP contribution in [0.25, 0.3) is 0 Å². The summed E-state index contributed by atoms with van der Waals surface area (Å²) < 4.78 is 10.9. The standard InChI is InChI=1S/C22H23Cl3N2O4/c23-14-1-7-17(8-2-14)30-12-21(28)26-15-3-5-16(6-4-15)27-22(29)13-31-18-9-10-19(24)20(25)11-18/h1-2,7-11,15-16H,3-6,12-13H2,(H,26,28)(H,27,29)/t15-,16-. The first-order valence-electron chi connectivity index (χ1n) is 9.94. The summed E-state index contributed by atoms with van der Waals surface area (Å²) in [6, 6.07) is 11.8. The lowest BCUT2D eigenvalue weighted by Crippen LogP contribution is -2.45. The molecule has 0 aliphatic heterocycles. The lowest BCUT2D eigenvalue weighted by Gasteiger charge is -2.29. The summed E-state index contributed by atoms with van der Waals surface area (Å²) >= 11 is 17.6. The van der Waals surface area contributed by atoms with Crippen LogP contribution in [0.2, 0.25) is 15.1 Å². The van der Waals surface area contributed by atoms with Crippen molar-refractivity contribution in [1.29, 1.82) is 0 Å². The summed E-state index contributed by atoms with van der Waals surface area (Å²) in [6.45, 7) is -0.152. The fraction of sp³-hybridized carbons (Fsp3) is 0.364. The van der Waals surface area contributed by atoms with Crippen molar-refractivity contribution >= 4 is 46.6 Å². The molecule has 166 valence electrons. The molecule has 0 radical (unpaired) electrons. The number of amides is 2. The lowest BCUT2D eigenvalue weighted by atomic mass is 9.91. The Morgan fingerprint density at radius 3 is 1.74 bits per heavy atom. The van der Waals surface area contributed by atoms with Crippen LogP contribution in [-0.4, -0.2) is 37.1 Å². The molecule has 2 amide bonds. The van der Waals surface area contributed by atoms with Gasteiger partial charge in [0.15, 0.2) is 13.2 Å². The minimum atomic E-state index is -0.199. The molecule has 9 heteroatoms. The maximum Gasteiger partial charge on any atom is 0.258 e. The number of rotatable bonds is 8. The minimum Gasteiger partial charge on any atom is -0.484 e. The molecule has 1 fully saturated rings. The topological polar surface area (TPSA) is 76.7 Å². The van der Waals surface area contributed by atoms with E-state index in [0.29, 0.717) is 26.6 Å². The van der Waals surface area contributed by atoms with E-state index in [4.69, 9.17) is 44.3 Å². The zero-order valence-electron chi connectivity index (χ0n) is 16.7. The van der Waals surface area contributed by atoms with E-state index in [1.54, 1.807) is 42.5 Å². The Balaban J connectivity index is 1.32. The monoisotopic (exact) mass is 484 g/mol. The van der Waals surface area contributed by atoms with Crippen molar-refractivity contribution in [1.82, 2.24) is 10.6 Å². The Labute approximate surface area is 196 Å². The number of hydrogen-bond donors (Lipinski definition) is 2. The van der Waals surface area contributed by atoms with Crippen LogP contribution in [0.3, 0.4) is 0 Å². The van der Waals surface area contributed by atoms with Gasteiger partial charge in [-0.25, -0.2) is 0 Å². The number of halogens is 3. The fourth-order valence-corrected chi connectivity index (χ4v) is 3.73. The Bertz CT molecular complexity index is 900. The number of ether oxygens (including phenoxy) is 2. The molecule has 0 atom stereocenters. The molecule has 2 aromatic rings. The van der Waals surface area contributed by atoms with Gasteiger partial charge in [-0.05, 0) is 62.1 Å². The van der Waals surface area contributed by atoms with Crippen molar-refractivity contribution in [3.05, 3.63) is 57.5 Å². The van der Waals surface area contributed by atoms with E-state index in [0.717, 1.165) is 25.7 Å². The van der Waals surface area contributed by atoms with Crippen molar-refractivity contribution in [3.8, 4) is 11.5 Å². The molecule has 31 heavy (non-hydrogen) atoms. The number of hydrogen-bond acceptors (Lipinski definition) is 4. The quantitative estimate of drug-likeness (QED) is 0.571. The normalized spacial score (nSPS) is 18.2. The summed E-state index contributed by atoms with van der Waals surface area (Å²) in [5.41, 5.74) is 0. The molecule has 1 aliphatic carbocycles. The molecule has 2 aromatic carbocycles. The van der Waals surface area contributed by atoms with Crippen molar-refractivity contribution in [2.24, 2.45) is 0 Å². The summed E-state index contributed by atoms with van der Waals surface area (Å²) in [7, 11) is 0. The van der Waals surface area contributed by atoms with Crippen LogP contribution in [-0.2, 0) is 9.59 Å². The molecule has 0 bridgehead atoms. The zero-order chi connectivity index (χ0) is 22.2. The van der Waals surface area contributed by atoms with Gasteiger partial charge in [0.1, 0.15) is 11.5 Å². The van der Waals surface area contributed by atoms with E-state index in [9.17, 15) is 9.59 Å². The predicted molar refractivity (Wildman–Crippen MR) is 121 cm³/mol. The molecule has 0 saturated heterocycles. The molecule has 0 spiro atoms. The second-order valence-electron chi connectivity index (χ2n) is 7.29. The average Bonchev–Trinajstić information content (AvgIpc) is 2.75. The van der Waals surface area contributed by atoms with Crippen molar-refractivity contribution < 1.29 is 19.1 Å². The number of benzene rings is 2. The lowest BCUT2D eigenvalue weighted by molar-refractivity contribution is -0.125. The molecular weight excluding hydrogens is 463 g/mol. The largest absolute Gasteiger partial charge is 0.484 e. The van der Waals surface area contributed by atoms with Crippen LogP contribution in [0.15, 0.2) is 42.5 Å². The van der Waals surface area contributed by atoms with Gasteiger partial charge in [0.25, 0.3) is 11.8 Å². The molecule has 3 rings (SSSR count). The van der Waals surface area contributed by atoms with Gasteiger partial charge in [0.2, 0.25) is 0 Å². The summed E-state index contributed by atoms with van der Waals surface area (Å²) in [4.78, 5) is 24.3. The highest BCUT2D eigenvalue weighted by Crippen LogP contribution is 2.26. The third kappa shape index (κ3) is 7.80. The SMILES string of the molecule is O=C(COc1ccc(Cl)cc1)N[C@H]1CC[C@H](NC(=O)COc2ccc(Cl)c(Cl)c2)CC1. The highest BCUT2D eigenvalue weighted by atomic mass is 35.5. The van der Waals surface area contributed by atoms with E-state index in [1.165, 1.54) is 0 Å². The van der Waals surface area contributed by atoms with E-state index in [2.05, 4.69) is 10.6 Å². The molecule has 0 unspecified atom stereocenters. The van der Waals surface area contributed by atoms with Crippen molar-refractivity contribution in [3.63, 3.8) is 0 Å². The Morgan fingerprint density at radius 2 is 1.23 bits per heavy atom. The molecule has 2 N–H and O–H groups in total. The molecule has 6 nitrogen and oxygen atoms in total. The molecule has 1 saturated carbocycles. The maximum absolute atomic E-state index is 12.1. The molecule has 0 aromatic heterocycles. The van der Waals surface area contributed by atoms with E-state index >= 15 is 0 Å². The highest BCUT2D eigenvalue weighted by molar-refractivity contribution is 6.42. The number of carbonyl (C=O) groups is 2. The third-order valence-corrected chi connectivity index (χ3v) is 5.89. The Morgan fingerprint density at radius 1 is 0.742 bits per heavy atom. The second kappa shape index (κ2) is 11.5. The second-order valence-corrected chi connectivity index (χ2v) is 8.54. The van der Waals surface area contributed by atoms with Crippen molar-refractivity contribution in [2.75, 3.05) is 13.2 Å². The zero-order valence-corrected chi connectivity index (χ0v) is 19.0. The summed E-state index contributed by atoms with van der Waals surface area (Å²) in [5, 5.41) is 7.36. The average molecular weight is 486 g/mol. The molecule has 0 heterocycles. The number of carbonyl (C=O) groups excluding carboxylic acids is 2. The molecular formula is C22H23Cl3N2O4. The predicted octanol–water partition coefficient (Wildman–Crippen LogP) is 4.65. The van der Waals surface area contributed by atoms with Gasteiger partial charge in [-0.1, -0.05) is 34.8 Å². The fourth-order valence-electron chi connectivity index (χ4n) is 3.32. The summed E-state index contributed by atoms with van der Waals surface area (Å²) in [6.07, 6.45) is 3.12. The van der Waals surface area contributed by atoms with E-state index < -0.39 is 0 Å². The van der Waals surface area contributed by atoms with Crippen LogP contribution in [0.5, 0.6) is 11.5 Å². The van der Waals surface area contributed by atoms with E-state index in [-0.39, 0.29) is 37.1 Å². The van der Waals surface area contributed by atoms with Gasteiger partial charge in [0.05, 0.1) is 10.0 Å². The van der Waals surface area contributed by atoms with Gasteiger partial charge in [-0.2, -0.15) is 0 Å². The first-order valence-corrected chi connectivity index (χ1v) is 11.1. The number of nitrogens with one attached hydrogen (secondary N) is 2. The van der Waals surface area contributed by atoms with Crippen LogP contribution in [0, 0.1) is 0 Å². The van der Waals surface area contributed by atoms with Crippen LogP contribution < -0.4 is 20.1 Å². The Hall–Kier alpha value is -2.15. The highest BCUT2D eigenvalue weighted by Gasteiger charge is 2.23. The molecule has 1 aliphatic rings. The van der Waals surface area contributed by atoms with Gasteiger partial charge in [-0.15, -0.1) is 0 Å². The first kappa shape index (κ1) is 23.5. The third-order valence-electron chi connectivity index (χ3n) is 4.90. The van der Waals surface area contributed by atoms with Crippen LogP contribution in [0.1, 0.15) is 25.7 Å². The minimum absolute atomic E-state index is 0.0512. The maximum atomic E-state index is 12.1. The van der Waals surface area contributed by atoms with Gasteiger partial charge >= 0.3 is 0 Å². The first-order chi connectivity index (χ1) is 14.9. The van der Waals surface area contributed by atoms with Gasteiger partial charge in [0, 0.05) is 23.2 Å².